The van der Waals surface area contributed by atoms with Gasteiger partial charge in [-0.1, -0.05) is 55.1 Å². The highest BCUT2D eigenvalue weighted by molar-refractivity contribution is 5.67. The van der Waals surface area contributed by atoms with Gasteiger partial charge in [-0.15, -0.1) is 0 Å². The Morgan fingerprint density at radius 1 is 0.979 bits per heavy atom. The van der Waals surface area contributed by atoms with E-state index in [1.807, 2.05) is 6.92 Å². The van der Waals surface area contributed by atoms with Crippen LogP contribution >= 0.6 is 0 Å². The minimum atomic E-state index is -4.93. The lowest BCUT2D eigenvalue weighted by Gasteiger charge is -2.24. The summed E-state index contributed by atoms with van der Waals surface area (Å²) < 4.78 is 84.8. The first kappa shape index (κ1) is 35.1. The Morgan fingerprint density at radius 2 is 1.68 bits per heavy atom. The third kappa shape index (κ3) is 7.99. The number of methoxy groups -OCH3 is 1. The zero-order chi connectivity index (χ0) is 34.3. The molecular formula is C35H36F5N3O4. The van der Waals surface area contributed by atoms with E-state index in [9.17, 15) is 22.8 Å². The smallest absolute Gasteiger partial charge is 0.416 e. The number of ether oxygens (including phenoxy) is 2. The van der Waals surface area contributed by atoms with Crippen LogP contribution in [0.25, 0.3) is 11.1 Å². The van der Waals surface area contributed by atoms with Gasteiger partial charge in [0.15, 0.2) is 11.6 Å². The molecule has 0 aliphatic rings. The monoisotopic (exact) mass is 657 g/mol. The van der Waals surface area contributed by atoms with Crippen molar-refractivity contribution in [1.82, 2.24) is 14.5 Å². The zero-order valence-electron chi connectivity index (χ0n) is 26.3. The number of benzene rings is 3. The normalized spacial score (nSPS) is 12.2. The number of rotatable bonds is 14. The van der Waals surface area contributed by atoms with Gasteiger partial charge in [0.05, 0.1) is 49.7 Å². The summed E-state index contributed by atoms with van der Waals surface area (Å²) in [6.45, 7) is 6.81. The molecule has 0 spiro atoms. The average Bonchev–Trinajstić information content (AvgIpc) is 3.03. The van der Waals surface area contributed by atoms with Crippen LogP contribution in [-0.2, 0) is 24.0 Å². The zero-order valence-corrected chi connectivity index (χ0v) is 26.3. The number of alkyl halides is 3. The van der Waals surface area contributed by atoms with Crippen LogP contribution < -0.4 is 21.3 Å². The Morgan fingerprint density at radius 3 is 2.34 bits per heavy atom. The highest BCUT2D eigenvalue weighted by Gasteiger charge is 2.35. The first-order chi connectivity index (χ1) is 22.4. The number of hydrogen-bond acceptors (Lipinski definition) is 5. The van der Waals surface area contributed by atoms with E-state index >= 15 is 8.78 Å². The largest absolute Gasteiger partial charge is 0.499 e. The van der Waals surface area contributed by atoms with Gasteiger partial charge < -0.3 is 14.8 Å². The molecule has 1 atom stereocenters. The van der Waals surface area contributed by atoms with Crippen molar-refractivity contribution >= 4 is 0 Å². The van der Waals surface area contributed by atoms with Crippen LogP contribution in [0.2, 0.25) is 0 Å². The predicted molar refractivity (Wildman–Crippen MR) is 169 cm³/mol. The van der Waals surface area contributed by atoms with Crippen LogP contribution in [0, 0.1) is 18.6 Å². The Hall–Kier alpha value is -4.71. The lowest BCUT2D eigenvalue weighted by Crippen LogP contribution is -2.45. The van der Waals surface area contributed by atoms with Crippen molar-refractivity contribution in [3.63, 3.8) is 0 Å². The molecule has 12 heteroatoms. The first-order valence-electron chi connectivity index (χ1n) is 15.0. The molecule has 4 aromatic rings. The maximum atomic E-state index is 15.6. The molecule has 250 valence electrons. The highest BCUT2D eigenvalue weighted by Crippen LogP contribution is 2.34. The Balaban J connectivity index is 1.90. The summed E-state index contributed by atoms with van der Waals surface area (Å²) in [5, 5.41) is 3.34. The van der Waals surface area contributed by atoms with Gasteiger partial charge in [-0.25, -0.2) is 13.6 Å². The van der Waals surface area contributed by atoms with E-state index < -0.39 is 52.8 Å². The molecule has 0 saturated carbocycles. The molecule has 1 aromatic heterocycles. The van der Waals surface area contributed by atoms with Gasteiger partial charge in [-0.3, -0.25) is 13.9 Å². The third-order valence-electron chi connectivity index (χ3n) is 7.82. The van der Waals surface area contributed by atoms with Crippen LogP contribution in [0.1, 0.15) is 48.2 Å². The molecular weight excluding hydrogens is 621 g/mol. The molecule has 0 saturated heterocycles. The maximum absolute atomic E-state index is 15.6. The van der Waals surface area contributed by atoms with Gasteiger partial charge in [0.2, 0.25) is 0 Å². The van der Waals surface area contributed by atoms with E-state index in [4.69, 9.17) is 9.47 Å². The molecule has 7 nitrogen and oxygen atoms in total. The topological polar surface area (TPSA) is 74.5 Å². The van der Waals surface area contributed by atoms with Crippen molar-refractivity contribution in [3.8, 4) is 16.9 Å². The summed E-state index contributed by atoms with van der Waals surface area (Å²) in [5.41, 5.74) is -3.83. The van der Waals surface area contributed by atoms with Gasteiger partial charge in [0.1, 0.15) is 5.82 Å². The summed E-state index contributed by atoms with van der Waals surface area (Å²) in [7, 11) is 1.24. The second-order valence-corrected chi connectivity index (χ2v) is 10.8. The predicted octanol–water partition coefficient (Wildman–Crippen LogP) is 7.00. The van der Waals surface area contributed by atoms with Crippen LogP contribution in [0.4, 0.5) is 22.0 Å². The first-order valence-corrected chi connectivity index (χ1v) is 15.0. The van der Waals surface area contributed by atoms with E-state index in [2.05, 4.69) is 11.9 Å². The Labute approximate surface area is 268 Å². The molecule has 47 heavy (non-hydrogen) atoms. The molecule has 4 rings (SSSR count). The summed E-state index contributed by atoms with van der Waals surface area (Å²) in [5.74, 6) is -1.66. The SMILES string of the molecule is C=C(CCCN[C@@H](Cn1c(=O)c(-c2cccc(OC)c2F)c(C)n(Cc2c(F)cccc2C(F)(F)F)c1=O)c1ccccc1)OCC. The summed E-state index contributed by atoms with van der Waals surface area (Å²) in [4.78, 5) is 28.2. The van der Waals surface area contributed by atoms with E-state index in [0.29, 0.717) is 37.8 Å². The van der Waals surface area contributed by atoms with Crippen LogP contribution in [0.15, 0.2) is 88.7 Å². The molecule has 0 aliphatic carbocycles. The Bertz CT molecular complexity index is 1830. The number of halogens is 5. The molecule has 3 aromatic carbocycles. The van der Waals surface area contributed by atoms with Crippen molar-refractivity contribution in [2.24, 2.45) is 0 Å². The van der Waals surface area contributed by atoms with Gasteiger partial charge in [0.25, 0.3) is 5.56 Å². The molecule has 0 radical (unpaired) electrons. The van der Waals surface area contributed by atoms with E-state index in [0.717, 1.165) is 26.8 Å². The lowest BCUT2D eigenvalue weighted by atomic mass is 10.0. The highest BCUT2D eigenvalue weighted by atomic mass is 19.4. The average molecular weight is 658 g/mol. The summed E-state index contributed by atoms with van der Waals surface area (Å²) >= 11 is 0. The van der Waals surface area contributed by atoms with Gasteiger partial charge in [-0.2, -0.15) is 13.2 Å². The molecule has 0 aliphatic heterocycles. The fourth-order valence-corrected chi connectivity index (χ4v) is 5.46. The second kappa shape index (κ2) is 15.3. The third-order valence-corrected chi connectivity index (χ3v) is 7.82. The van der Waals surface area contributed by atoms with E-state index in [-0.39, 0.29) is 29.1 Å². The number of aromatic nitrogens is 2. The quantitative estimate of drug-likeness (QED) is 0.0899. The van der Waals surface area contributed by atoms with Gasteiger partial charge in [-0.05, 0) is 50.6 Å². The summed E-state index contributed by atoms with van der Waals surface area (Å²) in [6, 6.07) is 14.9. The maximum Gasteiger partial charge on any atom is 0.416 e. The van der Waals surface area contributed by atoms with Crippen LogP contribution in [0.5, 0.6) is 5.75 Å². The number of allylic oxidation sites excluding steroid dienone is 1. The van der Waals surface area contributed by atoms with Crippen molar-refractivity contribution in [2.45, 2.75) is 52.0 Å². The van der Waals surface area contributed by atoms with Crippen LogP contribution in [-0.4, -0.2) is 29.4 Å². The molecule has 0 fully saturated rings. The fraction of sp³-hybridized carbons (Fsp3) is 0.314. The Kier molecular flexibility index (Phi) is 11.4. The molecule has 1 N–H and O–H groups in total. The summed E-state index contributed by atoms with van der Waals surface area (Å²) in [6.07, 6.45) is -3.76. The second-order valence-electron chi connectivity index (χ2n) is 10.8. The number of hydrogen-bond donors (Lipinski definition) is 1. The standard InChI is InChI=1S/C35H36F5N3O4/c1-5-47-22(2)12-11-19-41-29(24-13-7-6-8-14-24)21-43-33(44)31(25-15-9-18-30(46-4)32(25)37)23(3)42(34(43)45)20-26-27(35(38,39)40)16-10-17-28(26)36/h6-10,13-18,29,41H,2,5,11-12,19-21H2,1,3-4H3/t29-/m0/s1. The fourth-order valence-electron chi connectivity index (χ4n) is 5.46. The van der Waals surface area contributed by atoms with Gasteiger partial charge in [0, 0.05) is 23.2 Å². The number of nitrogens with zero attached hydrogens (tertiary/aromatic N) is 2. The minimum absolute atomic E-state index is 0.140. The van der Waals surface area contributed by atoms with Crippen molar-refractivity contribution in [3.05, 3.63) is 134 Å². The molecule has 0 amide bonds. The van der Waals surface area contributed by atoms with Crippen LogP contribution in [0.3, 0.4) is 0 Å². The molecule has 1 heterocycles. The number of nitrogens with one attached hydrogen (secondary N) is 1. The van der Waals surface area contributed by atoms with Gasteiger partial charge >= 0.3 is 11.9 Å². The van der Waals surface area contributed by atoms with E-state index in [1.165, 1.54) is 32.2 Å². The lowest BCUT2D eigenvalue weighted by molar-refractivity contribution is -0.138. The van der Waals surface area contributed by atoms with Crippen molar-refractivity contribution in [1.29, 1.82) is 0 Å². The molecule has 0 bridgehead atoms. The van der Waals surface area contributed by atoms with Crippen molar-refractivity contribution < 1.29 is 31.4 Å². The van der Waals surface area contributed by atoms with E-state index in [1.54, 1.807) is 30.3 Å². The minimum Gasteiger partial charge on any atom is -0.499 e. The van der Waals surface area contributed by atoms with Crippen molar-refractivity contribution in [2.75, 3.05) is 20.3 Å². The molecule has 0 unspecified atom stereocenters.